The molecule has 0 atom stereocenters. The van der Waals surface area contributed by atoms with Gasteiger partial charge in [-0.2, -0.15) is 0 Å². The number of rotatable bonds is 4. The monoisotopic (exact) mass is 465 g/mol. The molecule has 154 valence electrons. The molecular weight excluding hydrogens is 442 g/mol. The highest BCUT2D eigenvalue weighted by molar-refractivity contribution is 9.10. The zero-order chi connectivity index (χ0) is 21.5. The molecule has 0 saturated heterocycles. The average molecular weight is 466 g/mol. The number of fused-ring (bicyclic) bond motifs is 1. The second-order valence-electron chi connectivity index (χ2n) is 6.77. The lowest BCUT2D eigenvalue weighted by molar-refractivity contribution is 0.0734. The van der Waals surface area contributed by atoms with Crippen LogP contribution in [0.2, 0.25) is 0 Å². The Labute approximate surface area is 185 Å². The van der Waals surface area contributed by atoms with Gasteiger partial charge in [0.05, 0.1) is 12.7 Å². The Bertz CT molecular complexity index is 1140. The van der Waals surface area contributed by atoms with Gasteiger partial charge in [-0.05, 0) is 73.5 Å². The van der Waals surface area contributed by atoms with Gasteiger partial charge in [0, 0.05) is 21.1 Å². The van der Waals surface area contributed by atoms with Gasteiger partial charge in [-0.15, -0.1) is 0 Å². The first-order chi connectivity index (χ1) is 14.5. The summed E-state index contributed by atoms with van der Waals surface area (Å²) in [4.78, 5) is 15.1. The van der Waals surface area contributed by atoms with E-state index < -0.39 is 0 Å². The van der Waals surface area contributed by atoms with Crippen molar-refractivity contribution in [1.82, 2.24) is 4.98 Å². The number of aromatic nitrogens is 1. The van der Waals surface area contributed by atoms with Crippen molar-refractivity contribution in [2.45, 2.75) is 20.3 Å². The Morgan fingerprint density at radius 1 is 0.967 bits per heavy atom. The van der Waals surface area contributed by atoms with Crippen molar-refractivity contribution in [2.75, 3.05) is 7.11 Å². The first-order valence-corrected chi connectivity index (χ1v) is 10.5. The number of hydrogen-bond acceptors (Lipinski definition) is 3. The summed E-state index contributed by atoms with van der Waals surface area (Å²) in [6.07, 6.45) is 0.886. The third-order valence-corrected chi connectivity index (χ3v) is 5.35. The predicted molar refractivity (Wildman–Crippen MR) is 125 cm³/mol. The summed E-state index contributed by atoms with van der Waals surface area (Å²) in [6, 6.07) is 22.7. The van der Waals surface area contributed by atoms with Gasteiger partial charge in [-0.3, -0.25) is 0 Å². The van der Waals surface area contributed by atoms with Gasteiger partial charge in [0.25, 0.3) is 0 Å². The molecule has 1 N–H and O–H groups in total. The average Bonchev–Trinajstić information content (AvgIpc) is 3.15. The number of halogens is 1. The smallest absolute Gasteiger partial charge is 0.343 e. The molecule has 0 unspecified atom stereocenters. The Morgan fingerprint density at radius 2 is 1.70 bits per heavy atom. The lowest BCUT2D eigenvalue weighted by atomic mass is 10.1. The highest BCUT2D eigenvalue weighted by Crippen LogP contribution is 2.24. The molecule has 0 amide bonds. The summed E-state index contributed by atoms with van der Waals surface area (Å²) >= 11 is 3.46. The van der Waals surface area contributed by atoms with Gasteiger partial charge < -0.3 is 14.5 Å². The highest BCUT2D eigenvalue weighted by atomic mass is 79.9. The molecule has 4 nitrogen and oxygen atoms in total. The quantitative estimate of drug-likeness (QED) is 0.269. The molecule has 0 spiro atoms. The van der Waals surface area contributed by atoms with E-state index in [-0.39, 0.29) is 5.97 Å². The van der Waals surface area contributed by atoms with Crippen LogP contribution in [-0.4, -0.2) is 18.1 Å². The molecule has 0 radical (unpaired) electrons. The number of aryl methyl sites for hydroxylation is 2. The molecule has 0 aliphatic rings. The first kappa shape index (κ1) is 21.7. The molecule has 0 aliphatic carbocycles. The van der Waals surface area contributed by atoms with Crippen LogP contribution in [0.1, 0.15) is 28.5 Å². The SMILES string of the molecule is CCc1cc(OC(=O)c2ccccc2)ccc1Br.COc1ccc2[nH]c(C)cc2c1. The molecule has 4 aromatic rings. The minimum atomic E-state index is -0.333. The number of H-pyrrole nitrogens is 1. The second-order valence-corrected chi connectivity index (χ2v) is 7.62. The Balaban J connectivity index is 0.000000184. The molecule has 0 saturated carbocycles. The number of benzene rings is 3. The van der Waals surface area contributed by atoms with Crippen molar-refractivity contribution in [3.05, 3.63) is 94.1 Å². The summed E-state index contributed by atoms with van der Waals surface area (Å²) in [5.41, 5.74) is 4.01. The molecular formula is C25H24BrNO3. The van der Waals surface area contributed by atoms with E-state index in [1.165, 1.54) is 11.1 Å². The van der Waals surface area contributed by atoms with Gasteiger partial charge >= 0.3 is 5.97 Å². The van der Waals surface area contributed by atoms with E-state index >= 15 is 0 Å². The normalized spacial score (nSPS) is 10.3. The lowest BCUT2D eigenvalue weighted by Crippen LogP contribution is -2.08. The van der Waals surface area contributed by atoms with E-state index in [0.29, 0.717) is 11.3 Å². The summed E-state index contributed by atoms with van der Waals surface area (Å²) in [7, 11) is 1.68. The number of esters is 1. The highest BCUT2D eigenvalue weighted by Gasteiger charge is 2.08. The Hall–Kier alpha value is -3.05. The molecule has 0 fully saturated rings. The molecule has 30 heavy (non-hydrogen) atoms. The minimum absolute atomic E-state index is 0.333. The largest absolute Gasteiger partial charge is 0.497 e. The number of carbonyl (C=O) groups excluding carboxylic acids is 1. The van der Waals surface area contributed by atoms with Crippen LogP contribution in [0.4, 0.5) is 0 Å². The molecule has 3 aromatic carbocycles. The summed E-state index contributed by atoms with van der Waals surface area (Å²) < 4.78 is 11.5. The minimum Gasteiger partial charge on any atom is -0.497 e. The van der Waals surface area contributed by atoms with Crippen molar-refractivity contribution < 1.29 is 14.3 Å². The van der Waals surface area contributed by atoms with Gasteiger partial charge in [0.2, 0.25) is 0 Å². The van der Waals surface area contributed by atoms with E-state index in [2.05, 4.69) is 33.9 Å². The fourth-order valence-electron chi connectivity index (χ4n) is 3.01. The van der Waals surface area contributed by atoms with Crippen LogP contribution in [0.25, 0.3) is 10.9 Å². The summed E-state index contributed by atoms with van der Waals surface area (Å²) in [6.45, 7) is 4.11. The van der Waals surface area contributed by atoms with Crippen LogP contribution in [0.5, 0.6) is 11.5 Å². The maximum absolute atomic E-state index is 11.9. The van der Waals surface area contributed by atoms with Crippen molar-refractivity contribution in [3.63, 3.8) is 0 Å². The predicted octanol–water partition coefficient (Wildman–Crippen LogP) is 6.72. The van der Waals surface area contributed by atoms with Crippen LogP contribution >= 0.6 is 15.9 Å². The van der Waals surface area contributed by atoms with E-state index in [4.69, 9.17) is 9.47 Å². The number of ether oxygens (including phenoxy) is 2. The van der Waals surface area contributed by atoms with Gasteiger partial charge in [-0.25, -0.2) is 4.79 Å². The fourth-order valence-corrected chi connectivity index (χ4v) is 3.54. The van der Waals surface area contributed by atoms with Crippen LogP contribution in [-0.2, 0) is 6.42 Å². The van der Waals surface area contributed by atoms with Crippen molar-refractivity contribution in [1.29, 1.82) is 0 Å². The molecule has 0 bridgehead atoms. The van der Waals surface area contributed by atoms with Gasteiger partial charge in [-0.1, -0.05) is 41.1 Å². The zero-order valence-electron chi connectivity index (χ0n) is 17.2. The van der Waals surface area contributed by atoms with E-state index in [9.17, 15) is 4.79 Å². The Kier molecular flexibility index (Phi) is 7.31. The zero-order valence-corrected chi connectivity index (χ0v) is 18.8. The number of carbonyl (C=O) groups is 1. The van der Waals surface area contributed by atoms with Crippen molar-refractivity contribution in [2.24, 2.45) is 0 Å². The first-order valence-electron chi connectivity index (χ1n) is 9.69. The number of methoxy groups -OCH3 is 1. The van der Waals surface area contributed by atoms with E-state index in [0.717, 1.165) is 27.7 Å². The van der Waals surface area contributed by atoms with Crippen LogP contribution in [0.3, 0.4) is 0 Å². The van der Waals surface area contributed by atoms with Gasteiger partial charge in [0.1, 0.15) is 11.5 Å². The fraction of sp³-hybridized carbons (Fsp3) is 0.160. The maximum Gasteiger partial charge on any atom is 0.343 e. The molecule has 1 heterocycles. The number of nitrogens with one attached hydrogen (secondary N) is 1. The standard InChI is InChI=1S/C15H13BrO2.C10H11NO/c1-2-11-10-13(8-9-14(11)16)18-15(17)12-6-4-3-5-7-12;1-7-5-8-6-9(12-2)3-4-10(8)11-7/h3-10H,2H2,1H3;3-6,11H,1-2H3. The lowest BCUT2D eigenvalue weighted by Gasteiger charge is -2.07. The van der Waals surface area contributed by atoms with Crippen LogP contribution in [0, 0.1) is 6.92 Å². The molecule has 1 aromatic heterocycles. The molecule has 0 aliphatic heterocycles. The third kappa shape index (κ3) is 5.51. The van der Waals surface area contributed by atoms with Crippen LogP contribution < -0.4 is 9.47 Å². The van der Waals surface area contributed by atoms with Crippen LogP contribution in [0.15, 0.2) is 77.3 Å². The molecule has 4 rings (SSSR count). The Morgan fingerprint density at radius 3 is 2.40 bits per heavy atom. The maximum atomic E-state index is 11.9. The van der Waals surface area contributed by atoms with Gasteiger partial charge in [0.15, 0.2) is 0 Å². The van der Waals surface area contributed by atoms with E-state index in [1.54, 1.807) is 25.3 Å². The number of hydrogen-bond donors (Lipinski definition) is 1. The second kappa shape index (κ2) is 10.1. The number of aromatic amines is 1. The topological polar surface area (TPSA) is 51.3 Å². The third-order valence-electron chi connectivity index (χ3n) is 4.58. The summed E-state index contributed by atoms with van der Waals surface area (Å²) in [5.74, 6) is 1.14. The summed E-state index contributed by atoms with van der Waals surface area (Å²) in [5, 5.41) is 1.20. The molecule has 5 heteroatoms. The van der Waals surface area contributed by atoms with Crippen molar-refractivity contribution >= 4 is 32.8 Å². The van der Waals surface area contributed by atoms with Crippen molar-refractivity contribution in [3.8, 4) is 11.5 Å². The van der Waals surface area contributed by atoms with E-state index in [1.807, 2.05) is 55.5 Å².